The first-order valence-corrected chi connectivity index (χ1v) is 8.56. The molecule has 0 saturated heterocycles. The molecule has 0 aliphatic heterocycles. The van der Waals surface area contributed by atoms with Crippen LogP contribution in [0.3, 0.4) is 0 Å². The van der Waals surface area contributed by atoms with E-state index in [2.05, 4.69) is 11.8 Å². The van der Waals surface area contributed by atoms with Crippen LogP contribution in [-0.4, -0.2) is 37.2 Å². The maximum absolute atomic E-state index is 11.5. The summed E-state index contributed by atoms with van der Waals surface area (Å²) in [6.07, 6.45) is 4.93. The van der Waals surface area contributed by atoms with E-state index in [0.29, 0.717) is 12.0 Å². The number of allylic oxidation sites excluding steroid dienone is 3. The minimum Gasteiger partial charge on any atom is -0.462 e. The van der Waals surface area contributed by atoms with E-state index >= 15 is 0 Å². The average Bonchev–Trinajstić information content (AvgIpc) is 2.53. The molecule has 6 heteroatoms. The van der Waals surface area contributed by atoms with Crippen LogP contribution >= 0.6 is 0 Å². The maximum atomic E-state index is 11.5. The lowest BCUT2D eigenvalue weighted by molar-refractivity contribution is -0.146. The smallest absolute Gasteiger partial charge is 0.303 e. The highest BCUT2D eigenvalue weighted by Gasteiger charge is 2.18. The van der Waals surface area contributed by atoms with Gasteiger partial charge in [0.15, 0.2) is 0 Å². The van der Waals surface area contributed by atoms with E-state index in [-0.39, 0.29) is 13.2 Å². The highest BCUT2D eigenvalue weighted by atomic mass is 16.6. The summed E-state index contributed by atoms with van der Waals surface area (Å²) in [6, 6.07) is 0. The van der Waals surface area contributed by atoms with Crippen molar-refractivity contribution in [2.45, 2.75) is 54.1 Å². The van der Waals surface area contributed by atoms with E-state index in [1.54, 1.807) is 6.08 Å². The van der Waals surface area contributed by atoms with Gasteiger partial charge in [0, 0.05) is 32.8 Å². The largest absolute Gasteiger partial charge is 0.462 e. The molecule has 0 fully saturated rings. The number of hydrogen-bond acceptors (Lipinski definition) is 6. The van der Waals surface area contributed by atoms with Crippen molar-refractivity contribution in [2.75, 3.05) is 13.2 Å². The first-order valence-electron chi connectivity index (χ1n) is 8.56. The van der Waals surface area contributed by atoms with Crippen LogP contribution in [0.1, 0.15) is 48.0 Å². The molecular weight excluding hydrogens is 348 g/mol. The number of hydrogen-bond donors (Lipinski definition) is 0. The molecule has 0 aromatic rings. The molecule has 0 N–H and O–H groups in total. The lowest BCUT2D eigenvalue weighted by Crippen LogP contribution is -2.23. The van der Waals surface area contributed by atoms with Crippen molar-refractivity contribution in [1.82, 2.24) is 0 Å². The zero-order chi connectivity index (χ0) is 20.8. The van der Waals surface area contributed by atoms with Crippen LogP contribution in [0.4, 0.5) is 0 Å². The topological polar surface area (TPSA) is 78.9 Å². The van der Waals surface area contributed by atoms with E-state index < -0.39 is 24.0 Å². The van der Waals surface area contributed by atoms with Gasteiger partial charge in [-0.3, -0.25) is 14.4 Å². The number of carbonyl (C=O) groups excluding carboxylic acids is 3. The van der Waals surface area contributed by atoms with Crippen LogP contribution in [0.5, 0.6) is 0 Å². The second-order valence-electron chi connectivity index (χ2n) is 6.07. The Morgan fingerprint density at radius 2 is 1.52 bits per heavy atom. The normalized spacial score (nSPS) is 12.2. The summed E-state index contributed by atoms with van der Waals surface area (Å²) in [4.78, 5) is 33.6. The Bertz CT molecular complexity index is 681. The minimum absolute atomic E-state index is 0.00717. The summed E-state index contributed by atoms with van der Waals surface area (Å²) in [5, 5.41) is 0. The molecule has 0 rings (SSSR count). The third-order valence-electron chi connectivity index (χ3n) is 3.06. The molecule has 0 radical (unpaired) electrons. The molecule has 1 unspecified atom stereocenters. The lowest BCUT2D eigenvalue weighted by Gasteiger charge is -2.19. The van der Waals surface area contributed by atoms with Gasteiger partial charge in [-0.2, -0.15) is 0 Å². The molecule has 0 heterocycles. The molecule has 0 aliphatic carbocycles. The van der Waals surface area contributed by atoms with Gasteiger partial charge in [0.05, 0.1) is 0 Å². The van der Waals surface area contributed by atoms with Gasteiger partial charge in [-0.1, -0.05) is 23.5 Å². The predicted octanol–water partition coefficient (Wildman–Crippen LogP) is 3.28. The molecule has 0 spiro atoms. The monoisotopic (exact) mass is 376 g/mol. The van der Waals surface area contributed by atoms with Crippen LogP contribution < -0.4 is 0 Å². The van der Waals surface area contributed by atoms with Gasteiger partial charge in [-0.25, -0.2) is 0 Å². The zero-order valence-electron chi connectivity index (χ0n) is 16.9. The zero-order valence-corrected chi connectivity index (χ0v) is 16.9. The molecule has 0 bridgehead atoms. The Labute approximate surface area is 161 Å². The van der Waals surface area contributed by atoms with Crippen LogP contribution in [0.15, 0.2) is 34.9 Å². The van der Waals surface area contributed by atoms with Gasteiger partial charge < -0.3 is 14.2 Å². The standard InChI is InChI=1S/C21H28O6/c1-15(2)8-7-9-16(3)10-11-21(27-19(6)24)20(14-26-18(5)23)12-13-25-17(4)22/h8,10,12,21H,11,13-14H2,1-6H3. The van der Waals surface area contributed by atoms with Crippen LogP contribution in [0.25, 0.3) is 0 Å². The number of esters is 3. The Morgan fingerprint density at radius 1 is 0.889 bits per heavy atom. The fraction of sp³-hybridized carbons (Fsp3) is 0.476. The highest BCUT2D eigenvalue weighted by molar-refractivity contribution is 5.67. The summed E-state index contributed by atoms with van der Waals surface area (Å²) in [5.74, 6) is 4.55. The van der Waals surface area contributed by atoms with E-state index in [9.17, 15) is 14.4 Å². The SMILES string of the molecule is CC(=O)OCC=C(COC(C)=O)C(CC=C(C)C#CC=C(C)C)OC(C)=O. The van der Waals surface area contributed by atoms with E-state index in [4.69, 9.17) is 14.2 Å². The van der Waals surface area contributed by atoms with E-state index in [1.165, 1.54) is 20.8 Å². The van der Waals surface area contributed by atoms with Crippen LogP contribution in [0.2, 0.25) is 0 Å². The van der Waals surface area contributed by atoms with Gasteiger partial charge in [-0.15, -0.1) is 0 Å². The highest BCUT2D eigenvalue weighted by Crippen LogP contribution is 2.15. The summed E-state index contributed by atoms with van der Waals surface area (Å²) in [6.45, 7) is 9.57. The van der Waals surface area contributed by atoms with Gasteiger partial charge >= 0.3 is 17.9 Å². The molecule has 148 valence electrons. The van der Waals surface area contributed by atoms with Crippen molar-refractivity contribution in [3.05, 3.63) is 34.9 Å². The summed E-state index contributed by atoms with van der Waals surface area (Å²) in [5.41, 5.74) is 2.45. The van der Waals surface area contributed by atoms with Crippen molar-refractivity contribution in [3.63, 3.8) is 0 Å². The fourth-order valence-electron chi connectivity index (χ4n) is 1.84. The Hall–Kier alpha value is -2.81. The van der Waals surface area contributed by atoms with Gasteiger partial charge in [0.2, 0.25) is 0 Å². The quantitative estimate of drug-likeness (QED) is 0.280. The molecule has 0 aromatic carbocycles. The second-order valence-corrected chi connectivity index (χ2v) is 6.07. The molecule has 0 aromatic heterocycles. The van der Waals surface area contributed by atoms with Crippen molar-refractivity contribution < 1.29 is 28.6 Å². The Morgan fingerprint density at radius 3 is 2.04 bits per heavy atom. The molecule has 0 saturated carbocycles. The van der Waals surface area contributed by atoms with Crippen molar-refractivity contribution in [1.29, 1.82) is 0 Å². The fourth-order valence-corrected chi connectivity index (χ4v) is 1.84. The van der Waals surface area contributed by atoms with Crippen molar-refractivity contribution >= 4 is 17.9 Å². The van der Waals surface area contributed by atoms with Crippen LogP contribution in [-0.2, 0) is 28.6 Å². The summed E-state index contributed by atoms with van der Waals surface area (Å²) < 4.78 is 15.3. The molecule has 1 atom stereocenters. The van der Waals surface area contributed by atoms with Gasteiger partial charge in [-0.05, 0) is 38.5 Å². The average molecular weight is 376 g/mol. The number of carbonyl (C=O) groups is 3. The molecule has 0 amide bonds. The van der Waals surface area contributed by atoms with Crippen molar-refractivity contribution in [3.8, 4) is 11.8 Å². The maximum Gasteiger partial charge on any atom is 0.303 e. The third-order valence-corrected chi connectivity index (χ3v) is 3.06. The molecule has 6 nitrogen and oxygen atoms in total. The lowest BCUT2D eigenvalue weighted by atomic mass is 10.1. The van der Waals surface area contributed by atoms with E-state index in [0.717, 1.165) is 11.1 Å². The third kappa shape index (κ3) is 14.1. The molecule has 27 heavy (non-hydrogen) atoms. The number of rotatable bonds is 8. The first kappa shape index (κ1) is 24.2. The number of ether oxygens (including phenoxy) is 3. The van der Waals surface area contributed by atoms with Crippen molar-refractivity contribution in [2.24, 2.45) is 0 Å². The molecule has 0 aliphatic rings. The molecular formula is C21H28O6. The van der Waals surface area contributed by atoms with Gasteiger partial charge in [0.25, 0.3) is 0 Å². The Balaban J connectivity index is 5.40. The van der Waals surface area contributed by atoms with E-state index in [1.807, 2.05) is 32.9 Å². The van der Waals surface area contributed by atoms with Gasteiger partial charge in [0.1, 0.15) is 19.3 Å². The predicted molar refractivity (Wildman–Crippen MR) is 102 cm³/mol. The first-order chi connectivity index (χ1) is 12.6. The Kier molecular flexibility index (Phi) is 12.0. The summed E-state index contributed by atoms with van der Waals surface area (Å²) >= 11 is 0. The van der Waals surface area contributed by atoms with Crippen LogP contribution in [0, 0.1) is 11.8 Å². The minimum atomic E-state index is -0.655. The second kappa shape index (κ2) is 13.4. The summed E-state index contributed by atoms with van der Waals surface area (Å²) in [7, 11) is 0.